The number of nitrogens with one attached hydrogen (secondary N) is 1. The first-order chi connectivity index (χ1) is 10.2. The van der Waals surface area contributed by atoms with Crippen molar-refractivity contribution in [3.8, 4) is 11.5 Å². The standard InChI is InChI=1S/C16H17Cl2NO2/c1-20-15-8-13(17)7-12(16(15)21-2)10-19-9-11-5-3-4-6-14(11)18/h3-8,19H,9-10H2,1-2H3. The summed E-state index contributed by atoms with van der Waals surface area (Å²) >= 11 is 12.2. The van der Waals surface area contributed by atoms with Crippen LogP contribution in [0.3, 0.4) is 0 Å². The quantitative estimate of drug-likeness (QED) is 0.858. The zero-order chi connectivity index (χ0) is 15.2. The number of methoxy groups -OCH3 is 2. The van der Waals surface area contributed by atoms with Gasteiger partial charge in [0, 0.05) is 34.8 Å². The summed E-state index contributed by atoms with van der Waals surface area (Å²) in [5.41, 5.74) is 1.99. The van der Waals surface area contributed by atoms with E-state index >= 15 is 0 Å². The van der Waals surface area contributed by atoms with Crippen molar-refractivity contribution in [1.82, 2.24) is 5.32 Å². The highest BCUT2D eigenvalue weighted by molar-refractivity contribution is 6.31. The maximum Gasteiger partial charge on any atom is 0.165 e. The van der Waals surface area contributed by atoms with Gasteiger partial charge < -0.3 is 14.8 Å². The van der Waals surface area contributed by atoms with Crippen molar-refractivity contribution < 1.29 is 9.47 Å². The molecule has 21 heavy (non-hydrogen) atoms. The molecule has 3 nitrogen and oxygen atoms in total. The van der Waals surface area contributed by atoms with Crippen molar-refractivity contribution in [3.63, 3.8) is 0 Å². The van der Waals surface area contributed by atoms with Crippen molar-refractivity contribution in [1.29, 1.82) is 0 Å². The van der Waals surface area contributed by atoms with E-state index in [1.807, 2.05) is 30.3 Å². The van der Waals surface area contributed by atoms with Crippen molar-refractivity contribution in [3.05, 3.63) is 57.6 Å². The highest BCUT2D eigenvalue weighted by atomic mass is 35.5. The second-order valence-electron chi connectivity index (χ2n) is 4.50. The molecule has 0 aliphatic carbocycles. The van der Waals surface area contributed by atoms with E-state index in [2.05, 4.69) is 5.32 Å². The van der Waals surface area contributed by atoms with Gasteiger partial charge in [-0.1, -0.05) is 41.4 Å². The average Bonchev–Trinajstić information content (AvgIpc) is 2.48. The summed E-state index contributed by atoms with van der Waals surface area (Å²) in [7, 11) is 3.21. The van der Waals surface area contributed by atoms with Gasteiger partial charge in [-0.3, -0.25) is 0 Å². The van der Waals surface area contributed by atoms with Crippen molar-refractivity contribution in [2.45, 2.75) is 13.1 Å². The molecule has 2 aromatic carbocycles. The Morgan fingerprint density at radius 3 is 2.33 bits per heavy atom. The lowest BCUT2D eigenvalue weighted by atomic mass is 10.1. The highest BCUT2D eigenvalue weighted by Gasteiger charge is 2.11. The molecule has 1 N–H and O–H groups in total. The Kier molecular flexibility index (Phi) is 5.74. The van der Waals surface area contributed by atoms with E-state index in [1.165, 1.54) is 0 Å². The molecule has 0 bridgehead atoms. The third-order valence-electron chi connectivity index (χ3n) is 3.11. The first-order valence-electron chi connectivity index (χ1n) is 6.50. The largest absolute Gasteiger partial charge is 0.493 e. The second-order valence-corrected chi connectivity index (χ2v) is 5.34. The molecule has 2 aromatic rings. The van der Waals surface area contributed by atoms with Crippen LogP contribution >= 0.6 is 23.2 Å². The van der Waals surface area contributed by atoms with Gasteiger partial charge in [0.15, 0.2) is 11.5 Å². The van der Waals surface area contributed by atoms with Crippen molar-refractivity contribution in [2.24, 2.45) is 0 Å². The Bertz CT molecular complexity index is 617. The summed E-state index contributed by atoms with van der Waals surface area (Å²) in [4.78, 5) is 0. The molecule has 0 aromatic heterocycles. The fraction of sp³-hybridized carbons (Fsp3) is 0.250. The molecule has 0 aliphatic heterocycles. The van der Waals surface area contributed by atoms with Gasteiger partial charge in [0.1, 0.15) is 0 Å². The van der Waals surface area contributed by atoms with Gasteiger partial charge in [-0.2, -0.15) is 0 Å². The first kappa shape index (κ1) is 16.0. The summed E-state index contributed by atoms with van der Waals surface area (Å²) in [6, 6.07) is 11.3. The van der Waals surface area contributed by atoms with E-state index in [4.69, 9.17) is 32.7 Å². The Balaban J connectivity index is 2.09. The van der Waals surface area contributed by atoms with E-state index in [1.54, 1.807) is 20.3 Å². The SMILES string of the molecule is COc1cc(Cl)cc(CNCc2ccccc2Cl)c1OC. The van der Waals surface area contributed by atoms with E-state index in [0.717, 1.165) is 16.1 Å². The molecule has 0 unspecified atom stereocenters. The van der Waals surface area contributed by atoms with Gasteiger partial charge in [0.2, 0.25) is 0 Å². The molecule has 0 saturated carbocycles. The van der Waals surface area contributed by atoms with Gasteiger partial charge in [0.25, 0.3) is 0 Å². The fourth-order valence-corrected chi connectivity index (χ4v) is 2.54. The van der Waals surface area contributed by atoms with E-state index in [-0.39, 0.29) is 0 Å². The monoisotopic (exact) mass is 325 g/mol. The summed E-state index contributed by atoms with van der Waals surface area (Å²) in [5.74, 6) is 1.31. The van der Waals surface area contributed by atoms with Gasteiger partial charge >= 0.3 is 0 Å². The zero-order valence-corrected chi connectivity index (χ0v) is 13.5. The smallest absolute Gasteiger partial charge is 0.165 e. The summed E-state index contributed by atoms with van der Waals surface area (Å²) in [6.45, 7) is 1.27. The highest BCUT2D eigenvalue weighted by Crippen LogP contribution is 2.34. The molecular weight excluding hydrogens is 309 g/mol. The average molecular weight is 326 g/mol. The van der Waals surface area contributed by atoms with Crippen LogP contribution in [0.5, 0.6) is 11.5 Å². The summed E-state index contributed by atoms with van der Waals surface area (Å²) < 4.78 is 10.7. The van der Waals surface area contributed by atoms with E-state index in [0.29, 0.717) is 29.6 Å². The number of halogens is 2. The molecule has 0 amide bonds. The van der Waals surface area contributed by atoms with Crippen LogP contribution in [0.2, 0.25) is 10.0 Å². The fourth-order valence-electron chi connectivity index (χ4n) is 2.11. The van der Waals surface area contributed by atoms with Crippen LogP contribution in [-0.4, -0.2) is 14.2 Å². The van der Waals surface area contributed by atoms with E-state index < -0.39 is 0 Å². The predicted octanol–water partition coefficient (Wildman–Crippen LogP) is 4.30. The minimum Gasteiger partial charge on any atom is -0.493 e. The maximum atomic E-state index is 6.13. The molecule has 0 fully saturated rings. The predicted molar refractivity (Wildman–Crippen MR) is 86.6 cm³/mol. The Labute approximate surface area is 134 Å². The number of benzene rings is 2. The molecule has 0 spiro atoms. The lowest BCUT2D eigenvalue weighted by Gasteiger charge is -2.14. The molecule has 0 radical (unpaired) electrons. The van der Waals surface area contributed by atoms with Crippen LogP contribution in [0.25, 0.3) is 0 Å². The van der Waals surface area contributed by atoms with E-state index in [9.17, 15) is 0 Å². The van der Waals surface area contributed by atoms with Crippen molar-refractivity contribution in [2.75, 3.05) is 14.2 Å². The Morgan fingerprint density at radius 1 is 0.952 bits per heavy atom. The Hall–Kier alpha value is -1.42. The zero-order valence-electron chi connectivity index (χ0n) is 12.0. The first-order valence-corrected chi connectivity index (χ1v) is 7.25. The van der Waals surface area contributed by atoms with Crippen LogP contribution in [0.1, 0.15) is 11.1 Å². The maximum absolute atomic E-state index is 6.13. The third kappa shape index (κ3) is 4.03. The molecule has 0 aliphatic rings. The van der Waals surface area contributed by atoms with Crippen LogP contribution in [0.15, 0.2) is 36.4 Å². The molecule has 0 heterocycles. The number of hydrogen-bond donors (Lipinski definition) is 1. The van der Waals surface area contributed by atoms with Crippen LogP contribution in [-0.2, 0) is 13.1 Å². The number of hydrogen-bond acceptors (Lipinski definition) is 3. The minimum absolute atomic E-state index is 0.602. The van der Waals surface area contributed by atoms with Gasteiger partial charge in [-0.15, -0.1) is 0 Å². The van der Waals surface area contributed by atoms with Gasteiger partial charge in [-0.05, 0) is 17.7 Å². The third-order valence-corrected chi connectivity index (χ3v) is 3.70. The molecule has 0 saturated heterocycles. The molecule has 0 atom stereocenters. The molecule has 2 rings (SSSR count). The Morgan fingerprint density at radius 2 is 1.67 bits per heavy atom. The summed E-state index contributed by atoms with van der Waals surface area (Å²) in [5, 5.41) is 4.70. The van der Waals surface area contributed by atoms with Crippen molar-refractivity contribution >= 4 is 23.2 Å². The molecular formula is C16H17Cl2NO2. The van der Waals surface area contributed by atoms with Crippen LogP contribution in [0.4, 0.5) is 0 Å². The lowest BCUT2D eigenvalue weighted by Crippen LogP contribution is -2.14. The topological polar surface area (TPSA) is 30.5 Å². The van der Waals surface area contributed by atoms with Crippen LogP contribution in [0, 0.1) is 0 Å². The summed E-state index contributed by atoms with van der Waals surface area (Å²) in [6.07, 6.45) is 0. The lowest BCUT2D eigenvalue weighted by molar-refractivity contribution is 0.350. The number of rotatable bonds is 6. The van der Waals surface area contributed by atoms with Gasteiger partial charge in [0.05, 0.1) is 14.2 Å². The molecule has 112 valence electrons. The second kappa shape index (κ2) is 7.55. The number of ether oxygens (including phenoxy) is 2. The van der Waals surface area contributed by atoms with Gasteiger partial charge in [-0.25, -0.2) is 0 Å². The minimum atomic E-state index is 0.602. The normalized spacial score (nSPS) is 10.5. The molecule has 5 heteroatoms. The van der Waals surface area contributed by atoms with Crippen LogP contribution < -0.4 is 14.8 Å².